The third-order valence-corrected chi connectivity index (χ3v) is 32.5. The van der Waals surface area contributed by atoms with Crippen LogP contribution in [-0.4, -0.2) is 105 Å². The maximum absolute atomic E-state index is 13.1. The number of carbonyl (C=O) groups excluding carboxylic acids is 3. The molecule has 0 saturated heterocycles. The van der Waals surface area contributed by atoms with E-state index in [9.17, 15) is 82.0 Å². The van der Waals surface area contributed by atoms with Crippen molar-refractivity contribution in [2.24, 2.45) is 17.8 Å². The maximum Gasteiger partial charge on any atom is 0.338 e. The van der Waals surface area contributed by atoms with Crippen molar-refractivity contribution in [1.82, 2.24) is 0 Å². The van der Waals surface area contributed by atoms with E-state index in [-0.39, 0.29) is 134 Å². The number of nitrogens with zero attached hydrogens (tertiary/aromatic N) is 1. The predicted octanol–water partition coefficient (Wildman–Crippen LogP) is 26.8. The Morgan fingerprint density at radius 2 is 0.783 bits per heavy atom. The Balaban J connectivity index is 0.000000194. The fourth-order valence-electron chi connectivity index (χ4n) is 14.3. The van der Waals surface area contributed by atoms with Gasteiger partial charge in [0.05, 0.1) is 65.0 Å². The Bertz CT molecular complexity index is 6970. The number of carbonyl (C=O) groups is 3. The normalized spacial score (nSPS) is 13.8. The molecule has 732 valence electrons. The van der Waals surface area contributed by atoms with Crippen molar-refractivity contribution in [2.45, 2.75) is 145 Å². The smallest absolute Gasteiger partial charge is 0.338 e. The molecule has 0 spiro atoms. The number of benzene rings is 12. The Labute approximate surface area is 854 Å². The second-order valence-electron chi connectivity index (χ2n) is 32.4. The molecule has 1 aliphatic carbocycles. The van der Waals surface area contributed by atoms with E-state index in [1.54, 1.807) is 110 Å². The van der Waals surface area contributed by atoms with Crippen LogP contribution in [0, 0.1) is 17.8 Å². The van der Waals surface area contributed by atoms with Crippen LogP contribution in [-0.2, 0) is 98.6 Å². The summed E-state index contributed by atoms with van der Waals surface area (Å²) in [6.45, 7) is 10.1. The zero-order chi connectivity index (χ0) is 101. The third kappa shape index (κ3) is 32.4. The van der Waals surface area contributed by atoms with E-state index in [0.29, 0.717) is 45.7 Å². The summed E-state index contributed by atoms with van der Waals surface area (Å²) in [6, 6.07) is 64.4. The summed E-state index contributed by atoms with van der Waals surface area (Å²) in [6.07, 6.45) is 12.0. The van der Waals surface area contributed by atoms with Gasteiger partial charge in [-0.05, 0) is 198 Å². The van der Waals surface area contributed by atoms with Crippen LogP contribution in [0.2, 0.25) is 50.2 Å². The van der Waals surface area contributed by atoms with Crippen molar-refractivity contribution < 1.29 is 96.2 Å². The van der Waals surface area contributed by atoms with E-state index in [1.807, 2.05) is 78.9 Å². The summed E-state index contributed by atoms with van der Waals surface area (Å²) in [5.74, 6) is -3.59. The molecule has 22 nitrogen and oxygen atoms in total. The summed E-state index contributed by atoms with van der Waals surface area (Å²) < 4.78 is 144. The molecular formula is C101H97Cl10NO21S5. The maximum atomic E-state index is 13.1. The number of unbranched alkanes of at least 4 members (excludes halogenated alkanes) is 3. The topological polar surface area (TPSA) is 354 Å². The van der Waals surface area contributed by atoms with E-state index < -0.39 is 106 Å². The van der Waals surface area contributed by atoms with Crippen LogP contribution < -0.4 is 9.64 Å². The van der Waals surface area contributed by atoms with Gasteiger partial charge in [-0.25, -0.2) is 51.7 Å². The van der Waals surface area contributed by atoms with Gasteiger partial charge < -0.3 is 44.6 Å². The first-order valence-electron chi connectivity index (χ1n) is 42.6. The predicted molar refractivity (Wildman–Crippen MR) is 547 cm³/mol. The number of esters is 2. The Hall–Kier alpha value is -9.76. The quantitative estimate of drug-likeness (QED) is 0.0206. The van der Waals surface area contributed by atoms with Gasteiger partial charge in [0.2, 0.25) is 5.91 Å². The molecule has 3 unspecified atom stereocenters. The van der Waals surface area contributed by atoms with E-state index >= 15 is 0 Å². The number of phenols is 5. The second kappa shape index (κ2) is 51.1. The number of aromatic hydroxyl groups is 5. The average Bonchev–Trinajstić information content (AvgIpc) is 0.736. The highest BCUT2D eigenvalue weighted by Crippen LogP contribution is 2.43. The highest BCUT2D eigenvalue weighted by atomic mass is 35.5. The minimum atomic E-state index is -4.05. The molecule has 13 rings (SSSR count). The van der Waals surface area contributed by atoms with E-state index in [2.05, 4.69) is 27.7 Å². The number of sulfone groups is 5. The van der Waals surface area contributed by atoms with Crippen LogP contribution in [0.1, 0.15) is 139 Å². The SMILES string of the molecule is CC(=O)N(C)c1ccc(CS(=O)(=O)c2cc(Cl)cc(Cl)c2O)cc1.CC1CCC(C(C)C)C(OC(=O)c2ccccc2CS(=O)(=O)c2cc(Cl)cc(Cl)c2O)C1.CCCCCCc1ccc(CS(=O)(=O)c2cc(Cl)cc(Cl)c2O)cc1.O=C(OC/C=C/c1ccccc1)c1ccccc1CS(=O)(=O)c1cc(Cl)cc(Cl)c1O.O=S(=O)(Cc1cccc(Oc2ccccc2)c1)c1cc(Cl)cc(Cl)c1O. The number of anilines is 1. The first-order chi connectivity index (χ1) is 65.1. The van der Waals surface area contributed by atoms with Crippen LogP contribution in [0.3, 0.4) is 0 Å². The van der Waals surface area contributed by atoms with Crippen LogP contribution in [0.4, 0.5) is 5.69 Å². The largest absolute Gasteiger partial charge is 0.505 e. The Kier molecular flexibility index (Phi) is 41.4. The lowest BCUT2D eigenvalue weighted by molar-refractivity contribution is -0.116. The standard InChI is InChI=1S/C24H28Cl2O5S.C23H18Cl2O5S.C19H14Cl2O4S.C19H22Cl2O3S.C16H15Cl2NO4S/c1-14(2)18-9-8-15(3)10-21(18)31-24(28)19-7-5-4-6-16(19)13-32(29,30)22-12-17(25)11-20(26)23(22)27;24-18-13-20(25)22(26)21(14-18)31(28,29)15-17-10-4-5-11-19(17)23(27)30-12-6-9-16-7-2-1-3-8-16;20-14-10-17(21)19(22)18(11-14)26(23,24)12-13-5-4-8-16(9-13)25-15-6-2-1-3-7-15;1-2-3-4-5-6-14-7-9-15(10-8-14)13-25(23,24)18-12-16(20)11-17(21)19(18)22;1-10(20)19(2)13-5-3-11(4-6-13)9-24(22,23)15-8-12(17)7-14(18)16(15)21/h4-7,11-12,14-15,18,21,27H,8-10,13H2,1-3H3;1-11,13-14,26H,12,15H2;1-11,22H,12H2;7-12,22H,2-6,13H2,1H3;3-8,21H,9H2,1-2H3/b;9-6+;;;. The highest BCUT2D eigenvalue weighted by molar-refractivity contribution is 7.92. The molecular weight excluding hydrogens is 2080 g/mol. The molecule has 0 radical (unpaired) electrons. The molecule has 37 heteroatoms. The number of hydrogen-bond donors (Lipinski definition) is 5. The lowest BCUT2D eigenvalue weighted by Gasteiger charge is -2.36. The van der Waals surface area contributed by atoms with Gasteiger partial charge in [-0.2, -0.15) is 0 Å². The van der Waals surface area contributed by atoms with Gasteiger partial charge in [-0.1, -0.05) is 309 Å². The molecule has 0 bridgehead atoms. The summed E-state index contributed by atoms with van der Waals surface area (Å²) in [7, 11) is -17.9. The van der Waals surface area contributed by atoms with Gasteiger partial charge in [0.15, 0.2) is 77.9 Å². The first-order valence-corrected chi connectivity index (χ1v) is 54.6. The lowest BCUT2D eigenvalue weighted by atomic mass is 9.75. The number of amides is 1. The van der Waals surface area contributed by atoms with Crippen LogP contribution in [0.5, 0.6) is 40.2 Å². The van der Waals surface area contributed by atoms with Gasteiger partial charge >= 0.3 is 11.9 Å². The summed E-state index contributed by atoms with van der Waals surface area (Å²) in [5, 5.41) is 50.0. The van der Waals surface area contributed by atoms with E-state index in [0.717, 1.165) is 55.9 Å². The molecule has 0 aromatic heterocycles. The van der Waals surface area contributed by atoms with Crippen LogP contribution in [0.15, 0.2) is 273 Å². The summed E-state index contributed by atoms with van der Waals surface area (Å²) in [5.41, 5.74) is 5.32. The minimum Gasteiger partial charge on any atom is -0.505 e. The summed E-state index contributed by atoms with van der Waals surface area (Å²) in [4.78, 5) is 36.8. The van der Waals surface area contributed by atoms with Crippen molar-refractivity contribution in [2.75, 3.05) is 18.6 Å². The number of aryl methyl sites for hydroxylation is 1. The zero-order valence-corrected chi connectivity index (χ0v) is 86.6. The van der Waals surface area contributed by atoms with Crippen molar-refractivity contribution in [3.8, 4) is 40.2 Å². The fraction of sp³-hybridized carbons (Fsp3) is 0.238. The highest BCUT2D eigenvalue weighted by Gasteiger charge is 2.36. The number of halogens is 10. The van der Waals surface area contributed by atoms with Crippen molar-refractivity contribution in [3.05, 3.63) is 349 Å². The number of hydrogen-bond acceptors (Lipinski definition) is 21. The summed E-state index contributed by atoms with van der Waals surface area (Å²) >= 11 is 58.5. The zero-order valence-electron chi connectivity index (χ0n) is 75.0. The van der Waals surface area contributed by atoms with Crippen molar-refractivity contribution in [1.29, 1.82) is 0 Å². The molecule has 3 atom stereocenters. The van der Waals surface area contributed by atoms with Crippen molar-refractivity contribution >= 4 is 195 Å². The molecule has 12 aromatic carbocycles. The van der Waals surface area contributed by atoms with E-state index in [4.69, 9.17) is 130 Å². The number of rotatable bonds is 30. The second-order valence-corrected chi connectivity index (χ2v) is 46.4. The van der Waals surface area contributed by atoms with Crippen LogP contribution >= 0.6 is 116 Å². The van der Waals surface area contributed by atoms with E-state index in [1.165, 1.54) is 91.2 Å². The monoisotopic (exact) mass is 2170 g/mol. The van der Waals surface area contributed by atoms with Gasteiger partial charge in [0.25, 0.3) is 0 Å². The van der Waals surface area contributed by atoms with Crippen LogP contribution in [0.25, 0.3) is 6.08 Å². The molecule has 138 heavy (non-hydrogen) atoms. The lowest BCUT2D eigenvalue weighted by Crippen LogP contribution is -2.36. The molecule has 1 saturated carbocycles. The molecule has 1 amide bonds. The van der Waals surface area contributed by atoms with Gasteiger partial charge in [-0.15, -0.1) is 0 Å². The van der Waals surface area contributed by atoms with Gasteiger partial charge in [-0.3, -0.25) is 4.79 Å². The average molecular weight is 2180 g/mol. The molecule has 0 heterocycles. The molecule has 12 aromatic rings. The minimum absolute atomic E-state index is 0.0273. The van der Waals surface area contributed by atoms with Crippen molar-refractivity contribution in [3.63, 3.8) is 0 Å². The van der Waals surface area contributed by atoms with Gasteiger partial charge in [0, 0.05) is 44.8 Å². The first kappa shape index (κ1) is 112. The molecule has 5 N–H and O–H groups in total. The number of ether oxygens (including phenoxy) is 3. The number of phenolic OH excluding ortho intramolecular Hbond substituents is 5. The fourth-order valence-corrected chi connectivity index (χ4v) is 24.9. The Morgan fingerprint density at radius 1 is 0.413 bits per heavy atom. The number of para-hydroxylation sites is 1. The molecule has 0 aliphatic heterocycles. The molecule has 1 fully saturated rings. The third-order valence-electron chi connectivity index (χ3n) is 21.5. The molecule has 1 aliphatic rings. The Morgan fingerprint density at radius 3 is 1.20 bits per heavy atom. The van der Waals surface area contributed by atoms with Gasteiger partial charge in [0.1, 0.15) is 48.7 Å².